The van der Waals surface area contributed by atoms with Gasteiger partial charge >= 0.3 is 0 Å². The number of halogens is 1. The van der Waals surface area contributed by atoms with E-state index >= 15 is 0 Å². The number of ketones is 1. The Kier molecular flexibility index (Phi) is 5.70. The summed E-state index contributed by atoms with van der Waals surface area (Å²) in [6, 6.07) is 25.7. The third kappa shape index (κ3) is 4.12. The largest absolute Gasteiger partial charge is 0.508 e. The number of hydrogen-bond acceptors (Lipinski definition) is 5. The average molecular weight is 496 g/mol. The Morgan fingerprint density at radius 2 is 1.69 bits per heavy atom. The highest BCUT2D eigenvalue weighted by Crippen LogP contribution is 2.42. The van der Waals surface area contributed by atoms with Gasteiger partial charge in [0.05, 0.1) is 5.71 Å². The minimum Gasteiger partial charge on any atom is -0.508 e. The summed E-state index contributed by atoms with van der Waals surface area (Å²) in [5, 5.41) is 10.4. The van der Waals surface area contributed by atoms with Crippen molar-refractivity contribution in [1.82, 2.24) is 0 Å². The normalized spacial score (nSPS) is 16.3. The number of carbonyl (C=O) groups is 1. The second-order valence-electron chi connectivity index (χ2n) is 8.89. The zero-order chi connectivity index (χ0) is 24.6. The number of rotatable bonds is 4. The summed E-state index contributed by atoms with van der Waals surface area (Å²) < 4.78 is 11.3. The van der Waals surface area contributed by atoms with Crippen molar-refractivity contribution >= 4 is 23.1 Å². The number of carbonyl (C=O) groups excluding carboxylic acids is 1. The third-order valence-electron chi connectivity index (χ3n) is 6.61. The van der Waals surface area contributed by atoms with Crippen LogP contribution < -0.4 is 9.47 Å². The smallest absolute Gasteiger partial charge is 0.231 e. The molecule has 0 radical (unpaired) electrons. The maximum absolute atomic E-state index is 13.5. The van der Waals surface area contributed by atoms with Gasteiger partial charge in [-0.1, -0.05) is 54.1 Å². The van der Waals surface area contributed by atoms with Crippen molar-refractivity contribution < 1.29 is 19.4 Å². The molecule has 2 aliphatic heterocycles. The lowest BCUT2D eigenvalue weighted by atomic mass is 9.92. The number of Topliss-reactive ketones (excluding diaryl/α,β-unsaturated/α-hetero) is 1. The number of aliphatic imine (C=N–C) groups is 1. The van der Waals surface area contributed by atoms with E-state index < -0.39 is 6.04 Å². The van der Waals surface area contributed by atoms with Crippen LogP contribution in [-0.4, -0.2) is 29.4 Å². The fourth-order valence-electron chi connectivity index (χ4n) is 4.85. The highest BCUT2D eigenvalue weighted by molar-refractivity contribution is 6.31. The molecular weight excluding hydrogens is 474 g/mol. The van der Waals surface area contributed by atoms with Gasteiger partial charge in [-0.3, -0.25) is 9.79 Å². The molecule has 2 heterocycles. The van der Waals surface area contributed by atoms with E-state index in [4.69, 9.17) is 26.1 Å². The van der Waals surface area contributed by atoms with Crippen LogP contribution in [-0.2, 0) is 17.6 Å². The molecule has 1 N–H and O–H groups in total. The molecule has 178 valence electrons. The Morgan fingerprint density at radius 3 is 2.56 bits per heavy atom. The van der Waals surface area contributed by atoms with Crippen molar-refractivity contribution in [3.8, 4) is 28.4 Å². The van der Waals surface area contributed by atoms with Gasteiger partial charge < -0.3 is 14.6 Å². The molecule has 0 saturated carbocycles. The van der Waals surface area contributed by atoms with E-state index in [1.165, 1.54) is 0 Å². The van der Waals surface area contributed by atoms with E-state index in [0.29, 0.717) is 28.7 Å². The van der Waals surface area contributed by atoms with E-state index in [1.54, 1.807) is 18.2 Å². The lowest BCUT2D eigenvalue weighted by Gasteiger charge is -2.16. The summed E-state index contributed by atoms with van der Waals surface area (Å²) in [5.41, 5.74) is 6.15. The average Bonchev–Trinajstić information content (AvgIpc) is 3.33. The second-order valence-corrected chi connectivity index (χ2v) is 9.32. The second kappa shape index (κ2) is 9.17. The first-order valence-corrected chi connectivity index (χ1v) is 12.1. The number of aromatic hydroxyl groups is 1. The van der Waals surface area contributed by atoms with Crippen LogP contribution in [0, 0.1) is 0 Å². The zero-order valence-electron chi connectivity index (χ0n) is 19.3. The van der Waals surface area contributed by atoms with E-state index in [2.05, 4.69) is 0 Å². The van der Waals surface area contributed by atoms with E-state index in [1.807, 2.05) is 66.7 Å². The van der Waals surface area contributed by atoms with Gasteiger partial charge in [0.25, 0.3) is 0 Å². The highest BCUT2D eigenvalue weighted by Gasteiger charge is 2.28. The molecule has 0 fully saturated rings. The van der Waals surface area contributed by atoms with Gasteiger partial charge in [0.15, 0.2) is 17.3 Å². The number of fused-ring (bicyclic) bond motifs is 2. The Bertz CT molecular complexity index is 1510. The van der Waals surface area contributed by atoms with E-state index in [-0.39, 0.29) is 24.7 Å². The molecule has 1 atom stereocenters. The minimum absolute atomic E-state index is 0.0417. The fourth-order valence-corrected chi connectivity index (χ4v) is 5.02. The molecule has 5 nitrogen and oxygen atoms in total. The summed E-state index contributed by atoms with van der Waals surface area (Å²) in [6.45, 7) is 0.191. The standard InChI is InChI=1S/C30H22ClNO4/c31-21-11-8-20-15-27(34)26(32-29(25(20)16-21)18-9-12-22(33)13-10-18)14-19-4-1-2-5-23(19)24-6-3-7-28-30(24)36-17-35-28/h1-13,16,26,33H,14-15,17H2. The lowest BCUT2D eigenvalue weighted by Crippen LogP contribution is -2.23. The van der Waals surface area contributed by atoms with Crippen LogP contribution >= 0.6 is 11.6 Å². The molecule has 4 aromatic carbocycles. The molecule has 4 aromatic rings. The highest BCUT2D eigenvalue weighted by atomic mass is 35.5. The molecule has 0 aliphatic carbocycles. The lowest BCUT2D eigenvalue weighted by molar-refractivity contribution is -0.119. The zero-order valence-corrected chi connectivity index (χ0v) is 20.0. The molecule has 0 saturated heterocycles. The topological polar surface area (TPSA) is 68.1 Å². The molecule has 2 aliphatic rings. The summed E-state index contributed by atoms with van der Waals surface area (Å²) in [4.78, 5) is 18.5. The molecule has 0 amide bonds. The summed E-state index contributed by atoms with van der Waals surface area (Å²) in [7, 11) is 0. The third-order valence-corrected chi connectivity index (χ3v) is 6.84. The van der Waals surface area contributed by atoms with Gasteiger partial charge in [-0.2, -0.15) is 0 Å². The number of ether oxygens (including phenoxy) is 2. The first-order valence-electron chi connectivity index (χ1n) is 11.7. The predicted molar refractivity (Wildman–Crippen MR) is 139 cm³/mol. The molecule has 6 rings (SSSR count). The number of hydrogen-bond donors (Lipinski definition) is 1. The monoisotopic (exact) mass is 495 g/mol. The van der Waals surface area contributed by atoms with Crippen LogP contribution in [0.4, 0.5) is 0 Å². The summed E-state index contributed by atoms with van der Waals surface area (Å²) in [5.74, 6) is 1.64. The maximum atomic E-state index is 13.5. The summed E-state index contributed by atoms with van der Waals surface area (Å²) in [6.07, 6.45) is 0.699. The number of benzene rings is 4. The van der Waals surface area contributed by atoms with Crippen molar-refractivity contribution in [3.05, 3.63) is 112 Å². The van der Waals surface area contributed by atoms with Crippen molar-refractivity contribution in [2.24, 2.45) is 4.99 Å². The SMILES string of the molecule is O=C1Cc2ccc(Cl)cc2C(c2ccc(O)cc2)=NC1Cc1ccccc1-c1cccc2c1OCO2. The van der Waals surface area contributed by atoms with Gasteiger partial charge in [-0.05, 0) is 59.2 Å². The number of nitrogens with zero attached hydrogens (tertiary/aromatic N) is 1. The Balaban J connectivity index is 1.45. The Morgan fingerprint density at radius 1 is 0.889 bits per heavy atom. The van der Waals surface area contributed by atoms with Crippen LogP contribution in [0.3, 0.4) is 0 Å². The maximum Gasteiger partial charge on any atom is 0.231 e. The van der Waals surface area contributed by atoms with Gasteiger partial charge in [-0.15, -0.1) is 0 Å². The number of para-hydroxylation sites is 1. The van der Waals surface area contributed by atoms with Crippen LogP contribution in [0.25, 0.3) is 11.1 Å². The van der Waals surface area contributed by atoms with Crippen LogP contribution in [0.1, 0.15) is 22.3 Å². The molecular formula is C30H22ClNO4. The van der Waals surface area contributed by atoms with Crippen molar-refractivity contribution in [1.29, 1.82) is 0 Å². The van der Waals surface area contributed by atoms with Crippen LogP contribution in [0.5, 0.6) is 17.2 Å². The first-order chi connectivity index (χ1) is 17.6. The fraction of sp³-hybridized carbons (Fsp3) is 0.133. The number of phenols is 1. The van der Waals surface area contributed by atoms with E-state index in [0.717, 1.165) is 33.4 Å². The minimum atomic E-state index is -0.588. The van der Waals surface area contributed by atoms with Crippen molar-refractivity contribution in [3.63, 3.8) is 0 Å². The molecule has 0 spiro atoms. The van der Waals surface area contributed by atoms with Gasteiger partial charge in [0.2, 0.25) is 6.79 Å². The Labute approximate surface area is 213 Å². The summed E-state index contributed by atoms with van der Waals surface area (Å²) >= 11 is 6.34. The first kappa shape index (κ1) is 22.4. The molecule has 1 unspecified atom stereocenters. The van der Waals surface area contributed by atoms with Gasteiger partial charge in [0.1, 0.15) is 11.8 Å². The van der Waals surface area contributed by atoms with E-state index in [9.17, 15) is 9.90 Å². The van der Waals surface area contributed by atoms with Gasteiger partial charge in [-0.25, -0.2) is 0 Å². The molecule has 0 aromatic heterocycles. The predicted octanol–water partition coefficient (Wildman–Crippen LogP) is 6.02. The molecule has 6 heteroatoms. The Hall–Kier alpha value is -4.09. The van der Waals surface area contributed by atoms with Gasteiger partial charge in [0, 0.05) is 34.6 Å². The number of phenolic OH excluding ortho intramolecular Hbond substituents is 1. The quantitative estimate of drug-likeness (QED) is 0.376. The van der Waals surface area contributed by atoms with Crippen molar-refractivity contribution in [2.45, 2.75) is 18.9 Å². The molecule has 0 bridgehead atoms. The van der Waals surface area contributed by atoms with Crippen molar-refractivity contribution in [2.75, 3.05) is 6.79 Å². The van der Waals surface area contributed by atoms with Crippen LogP contribution in [0.15, 0.2) is 89.9 Å². The van der Waals surface area contributed by atoms with Crippen LogP contribution in [0.2, 0.25) is 5.02 Å². The molecule has 36 heavy (non-hydrogen) atoms.